The van der Waals surface area contributed by atoms with Gasteiger partial charge in [-0.05, 0) is 38.0 Å². The highest BCUT2D eigenvalue weighted by Gasteiger charge is 2.28. The van der Waals surface area contributed by atoms with Crippen LogP contribution in [0.5, 0.6) is 0 Å². The third-order valence-corrected chi connectivity index (χ3v) is 6.42. The molecular formula is C16H31N3O3S. The summed E-state index contributed by atoms with van der Waals surface area (Å²) in [6.45, 7) is 8.57. The van der Waals surface area contributed by atoms with Gasteiger partial charge in [0.2, 0.25) is 0 Å². The van der Waals surface area contributed by atoms with E-state index in [0.29, 0.717) is 30.4 Å². The van der Waals surface area contributed by atoms with Crippen molar-refractivity contribution in [2.24, 2.45) is 16.8 Å². The van der Waals surface area contributed by atoms with E-state index in [-0.39, 0.29) is 11.7 Å². The van der Waals surface area contributed by atoms with Gasteiger partial charge in [-0.1, -0.05) is 13.8 Å². The maximum Gasteiger partial charge on any atom is 0.191 e. The smallest absolute Gasteiger partial charge is 0.191 e. The topological polar surface area (TPSA) is 79.8 Å². The summed E-state index contributed by atoms with van der Waals surface area (Å²) in [6.07, 6.45) is 2.99. The first-order chi connectivity index (χ1) is 10.9. The van der Waals surface area contributed by atoms with E-state index in [1.807, 2.05) is 6.92 Å². The number of hydrogen-bond acceptors (Lipinski definition) is 4. The number of nitrogens with one attached hydrogen (secondary N) is 2. The lowest BCUT2D eigenvalue weighted by Gasteiger charge is -2.33. The molecule has 2 rings (SSSR count). The molecule has 6 nitrogen and oxygen atoms in total. The number of rotatable bonds is 5. The van der Waals surface area contributed by atoms with Crippen molar-refractivity contribution >= 4 is 15.8 Å². The van der Waals surface area contributed by atoms with Gasteiger partial charge in [0.15, 0.2) is 15.8 Å². The fourth-order valence-corrected chi connectivity index (χ4v) is 5.02. The Morgan fingerprint density at radius 2 is 2.13 bits per heavy atom. The van der Waals surface area contributed by atoms with Crippen LogP contribution in [0.15, 0.2) is 4.99 Å². The molecule has 23 heavy (non-hydrogen) atoms. The molecule has 134 valence electrons. The molecule has 0 amide bonds. The zero-order valence-corrected chi connectivity index (χ0v) is 15.4. The van der Waals surface area contributed by atoms with E-state index in [0.717, 1.165) is 38.4 Å². The number of ether oxygens (including phenoxy) is 1. The Labute approximate surface area is 140 Å². The van der Waals surface area contributed by atoms with E-state index >= 15 is 0 Å². The van der Waals surface area contributed by atoms with Gasteiger partial charge in [-0.3, -0.25) is 4.99 Å². The second-order valence-corrected chi connectivity index (χ2v) is 9.24. The number of hydrogen-bond donors (Lipinski definition) is 2. The summed E-state index contributed by atoms with van der Waals surface area (Å²) in [5.41, 5.74) is 0. The van der Waals surface area contributed by atoms with Gasteiger partial charge in [0, 0.05) is 25.7 Å². The van der Waals surface area contributed by atoms with Gasteiger partial charge in [0.1, 0.15) is 0 Å². The molecule has 7 heteroatoms. The second-order valence-electron chi connectivity index (χ2n) is 7.01. The fraction of sp³-hybridized carbons (Fsp3) is 0.938. The summed E-state index contributed by atoms with van der Waals surface area (Å²) in [5.74, 6) is 2.07. The Balaban J connectivity index is 1.89. The minimum Gasteiger partial charge on any atom is -0.378 e. The molecule has 2 N–H and O–H groups in total. The number of aliphatic imine (C=N–C) groups is 1. The van der Waals surface area contributed by atoms with Crippen LogP contribution in [0, 0.1) is 11.8 Å². The molecule has 2 saturated heterocycles. The van der Waals surface area contributed by atoms with Gasteiger partial charge >= 0.3 is 0 Å². The van der Waals surface area contributed by atoms with Crippen molar-refractivity contribution in [2.75, 3.05) is 31.2 Å². The predicted molar refractivity (Wildman–Crippen MR) is 93.5 cm³/mol. The van der Waals surface area contributed by atoms with E-state index in [9.17, 15) is 8.42 Å². The summed E-state index contributed by atoms with van der Waals surface area (Å²) in [5, 5.41) is 6.76. The van der Waals surface area contributed by atoms with Gasteiger partial charge in [0.05, 0.1) is 17.6 Å². The van der Waals surface area contributed by atoms with Crippen molar-refractivity contribution < 1.29 is 13.2 Å². The van der Waals surface area contributed by atoms with Crippen LogP contribution in [0.4, 0.5) is 0 Å². The van der Waals surface area contributed by atoms with Crippen molar-refractivity contribution in [3.8, 4) is 0 Å². The van der Waals surface area contributed by atoms with Gasteiger partial charge in [-0.15, -0.1) is 0 Å². The molecule has 0 bridgehead atoms. The monoisotopic (exact) mass is 345 g/mol. The van der Waals surface area contributed by atoms with E-state index < -0.39 is 9.84 Å². The molecule has 0 aromatic rings. The summed E-state index contributed by atoms with van der Waals surface area (Å²) in [7, 11) is -2.83. The maximum absolute atomic E-state index is 11.5. The van der Waals surface area contributed by atoms with Crippen molar-refractivity contribution in [3.05, 3.63) is 0 Å². The zero-order valence-electron chi connectivity index (χ0n) is 14.5. The van der Waals surface area contributed by atoms with E-state index in [4.69, 9.17) is 4.74 Å². The molecule has 2 heterocycles. The van der Waals surface area contributed by atoms with Crippen LogP contribution in [-0.4, -0.2) is 57.7 Å². The van der Waals surface area contributed by atoms with Crippen LogP contribution in [0.2, 0.25) is 0 Å². The Morgan fingerprint density at radius 3 is 2.74 bits per heavy atom. The van der Waals surface area contributed by atoms with Crippen LogP contribution in [0.25, 0.3) is 0 Å². The highest BCUT2D eigenvalue weighted by molar-refractivity contribution is 7.91. The molecule has 0 radical (unpaired) electrons. The van der Waals surface area contributed by atoms with Crippen molar-refractivity contribution in [1.82, 2.24) is 10.6 Å². The zero-order chi connectivity index (χ0) is 16.9. The number of nitrogens with zero attached hydrogens (tertiary/aromatic N) is 1. The third-order valence-electron chi connectivity index (χ3n) is 4.58. The minimum absolute atomic E-state index is 0.161. The molecule has 3 atom stereocenters. The van der Waals surface area contributed by atoms with Crippen molar-refractivity contribution in [2.45, 2.75) is 52.2 Å². The van der Waals surface area contributed by atoms with E-state index in [1.165, 1.54) is 0 Å². The van der Waals surface area contributed by atoms with Gasteiger partial charge in [-0.25, -0.2) is 8.42 Å². The molecule has 3 unspecified atom stereocenters. The molecule has 0 aromatic carbocycles. The highest BCUT2D eigenvalue weighted by atomic mass is 32.2. The Hall–Kier alpha value is -0.820. The van der Waals surface area contributed by atoms with Crippen LogP contribution in [-0.2, 0) is 14.6 Å². The van der Waals surface area contributed by atoms with Gasteiger partial charge in [-0.2, -0.15) is 0 Å². The van der Waals surface area contributed by atoms with Crippen LogP contribution in [0.3, 0.4) is 0 Å². The Morgan fingerprint density at radius 1 is 1.35 bits per heavy atom. The van der Waals surface area contributed by atoms with E-state index in [2.05, 4.69) is 29.5 Å². The summed E-state index contributed by atoms with van der Waals surface area (Å²) >= 11 is 0. The summed E-state index contributed by atoms with van der Waals surface area (Å²) in [4.78, 5) is 4.61. The second kappa shape index (κ2) is 8.33. The quantitative estimate of drug-likeness (QED) is 0.578. The van der Waals surface area contributed by atoms with Gasteiger partial charge < -0.3 is 15.4 Å². The molecule has 0 spiro atoms. The van der Waals surface area contributed by atoms with Crippen molar-refractivity contribution in [3.63, 3.8) is 0 Å². The first-order valence-electron chi connectivity index (χ1n) is 8.76. The lowest BCUT2D eigenvalue weighted by molar-refractivity contribution is -0.0217. The molecule has 0 saturated carbocycles. The average molecular weight is 346 g/mol. The molecule has 0 aromatic heterocycles. The first-order valence-corrected chi connectivity index (χ1v) is 10.6. The van der Waals surface area contributed by atoms with Crippen LogP contribution in [0.1, 0.15) is 40.0 Å². The standard InChI is InChI=1S/C16H31N3O3S/c1-4-17-16(18-10-13-6-8-23(20,21)11-13)19-14-5-7-22-15(9-14)12(2)3/h12-15H,4-11H2,1-3H3,(H2,17,18,19). The number of guanidine groups is 1. The maximum atomic E-state index is 11.5. The first kappa shape index (κ1) is 18.5. The Kier molecular flexibility index (Phi) is 6.71. The van der Waals surface area contributed by atoms with Gasteiger partial charge in [0.25, 0.3) is 0 Å². The Bertz CT molecular complexity index is 505. The summed E-state index contributed by atoms with van der Waals surface area (Å²) < 4.78 is 28.9. The molecule has 2 aliphatic rings. The predicted octanol–water partition coefficient (Wildman–Crippen LogP) is 1.18. The lowest BCUT2D eigenvalue weighted by atomic mass is 9.95. The number of sulfone groups is 1. The summed E-state index contributed by atoms with van der Waals surface area (Å²) in [6, 6.07) is 0.362. The SMILES string of the molecule is CCNC(=NCC1CCS(=O)(=O)C1)NC1CCOC(C(C)C)C1. The highest BCUT2D eigenvalue weighted by Crippen LogP contribution is 2.20. The van der Waals surface area contributed by atoms with Crippen LogP contribution < -0.4 is 10.6 Å². The van der Waals surface area contributed by atoms with E-state index in [1.54, 1.807) is 0 Å². The molecular weight excluding hydrogens is 314 g/mol. The molecule has 2 fully saturated rings. The third kappa shape index (κ3) is 5.95. The largest absolute Gasteiger partial charge is 0.378 e. The molecule has 0 aliphatic carbocycles. The lowest BCUT2D eigenvalue weighted by Crippen LogP contribution is -2.48. The van der Waals surface area contributed by atoms with Crippen molar-refractivity contribution in [1.29, 1.82) is 0 Å². The fourth-order valence-electron chi connectivity index (χ4n) is 3.17. The van der Waals surface area contributed by atoms with Crippen LogP contribution >= 0.6 is 0 Å². The average Bonchev–Trinajstić information content (AvgIpc) is 2.84. The minimum atomic E-state index is -2.83. The molecule has 2 aliphatic heterocycles. The normalized spacial score (nSPS) is 31.3.